The Morgan fingerprint density at radius 2 is 2.00 bits per heavy atom. The molecule has 1 heterocycles. The molecule has 4 N–H and O–H groups in total. The predicted octanol–water partition coefficient (Wildman–Crippen LogP) is 2.77. The first-order chi connectivity index (χ1) is 12.4. The van der Waals surface area contributed by atoms with Crippen LogP contribution >= 0.6 is 0 Å². The number of ether oxygens (including phenoxy) is 1. The van der Waals surface area contributed by atoms with E-state index in [1.807, 2.05) is 12.2 Å². The van der Waals surface area contributed by atoms with Crippen molar-refractivity contribution in [3.05, 3.63) is 24.3 Å². The lowest BCUT2D eigenvalue weighted by atomic mass is 9.87. The van der Waals surface area contributed by atoms with Crippen LogP contribution in [0.15, 0.2) is 24.3 Å². The van der Waals surface area contributed by atoms with Crippen LogP contribution in [0.3, 0.4) is 0 Å². The second kappa shape index (κ2) is 13.0. The zero-order chi connectivity index (χ0) is 19.4. The SMILES string of the molecule is CCCCC[C@H](O)C=C[C@H]1OC(O)C[C@H](O)[C@@H]1CC=CCCCC(=O)O. The molecule has 6 nitrogen and oxygen atoms in total. The number of hydrogen-bond donors (Lipinski definition) is 4. The molecular weight excluding hydrogens is 336 g/mol. The molecule has 1 aliphatic rings. The molecule has 0 aliphatic carbocycles. The van der Waals surface area contributed by atoms with Crippen LogP contribution in [-0.4, -0.2) is 51.0 Å². The molecule has 1 aliphatic heterocycles. The highest BCUT2D eigenvalue weighted by Crippen LogP contribution is 2.29. The highest BCUT2D eigenvalue weighted by atomic mass is 16.6. The van der Waals surface area contributed by atoms with E-state index in [0.29, 0.717) is 25.7 Å². The molecule has 0 bridgehead atoms. The second-order valence-corrected chi connectivity index (χ2v) is 6.96. The van der Waals surface area contributed by atoms with Gasteiger partial charge in [0.25, 0.3) is 0 Å². The summed E-state index contributed by atoms with van der Waals surface area (Å²) in [4.78, 5) is 10.5. The minimum Gasteiger partial charge on any atom is -0.481 e. The molecule has 1 unspecified atom stereocenters. The van der Waals surface area contributed by atoms with Gasteiger partial charge in [0.05, 0.1) is 18.3 Å². The molecule has 1 fully saturated rings. The number of aliphatic carboxylic acids is 1. The number of allylic oxidation sites excluding steroid dienone is 2. The van der Waals surface area contributed by atoms with Crippen LogP contribution in [0.4, 0.5) is 0 Å². The van der Waals surface area contributed by atoms with Gasteiger partial charge in [-0.1, -0.05) is 50.5 Å². The molecular formula is C20H34O6. The smallest absolute Gasteiger partial charge is 0.303 e. The average molecular weight is 370 g/mol. The number of carboxylic acid groups (broad SMARTS) is 1. The maximum Gasteiger partial charge on any atom is 0.303 e. The van der Waals surface area contributed by atoms with E-state index in [-0.39, 0.29) is 18.8 Å². The maximum atomic E-state index is 10.5. The van der Waals surface area contributed by atoms with Gasteiger partial charge >= 0.3 is 5.97 Å². The van der Waals surface area contributed by atoms with Gasteiger partial charge in [-0.05, 0) is 25.7 Å². The molecule has 6 heteroatoms. The molecule has 0 aromatic rings. The van der Waals surface area contributed by atoms with Crippen LogP contribution in [0, 0.1) is 5.92 Å². The minimum absolute atomic E-state index is 0.146. The Balaban J connectivity index is 2.52. The Bertz CT molecular complexity index is 448. The molecule has 0 amide bonds. The fourth-order valence-electron chi connectivity index (χ4n) is 3.10. The molecule has 5 atom stereocenters. The van der Waals surface area contributed by atoms with Crippen molar-refractivity contribution in [2.45, 2.75) is 89.3 Å². The third-order valence-corrected chi connectivity index (χ3v) is 4.64. The Labute approximate surface area is 156 Å². The zero-order valence-corrected chi connectivity index (χ0v) is 15.7. The Kier molecular flexibility index (Phi) is 11.4. The van der Waals surface area contributed by atoms with Gasteiger partial charge in [-0.2, -0.15) is 0 Å². The predicted molar refractivity (Wildman–Crippen MR) is 99.5 cm³/mol. The van der Waals surface area contributed by atoms with Crippen molar-refractivity contribution in [3.8, 4) is 0 Å². The Morgan fingerprint density at radius 1 is 1.23 bits per heavy atom. The number of carboxylic acids is 1. The molecule has 150 valence electrons. The molecule has 0 spiro atoms. The van der Waals surface area contributed by atoms with Gasteiger partial charge in [-0.3, -0.25) is 4.79 Å². The van der Waals surface area contributed by atoms with Gasteiger partial charge < -0.3 is 25.2 Å². The molecule has 0 radical (unpaired) electrons. The summed E-state index contributed by atoms with van der Waals surface area (Å²) in [7, 11) is 0. The number of hydrogen-bond acceptors (Lipinski definition) is 5. The average Bonchev–Trinajstić information content (AvgIpc) is 2.57. The van der Waals surface area contributed by atoms with Crippen LogP contribution in [-0.2, 0) is 9.53 Å². The third kappa shape index (κ3) is 9.48. The van der Waals surface area contributed by atoms with Crippen molar-refractivity contribution in [2.75, 3.05) is 0 Å². The first kappa shape index (κ1) is 22.8. The molecule has 0 aromatic carbocycles. The molecule has 26 heavy (non-hydrogen) atoms. The van der Waals surface area contributed by atoms with Gasteiger partial charge in [0, 0.05) is 18.8 Å². The number of aliphatic hydroxyl groups is 3. The van der Waals surface area contributed by atoms with E-state index in [1.165, 1.54) is 0 Å². The van der Waals surface area contributed by atoms with E-state index >= 15 is 0 Å². The van der Waals surface area contributed by atoms with E-state index in [1.54, 1.807) is 12.2 Å². The summed E-state index contributed by atoms with van der Waals surface area (Å²) in [5, 5.41) is 38.7. The summed E-state index contributed by atoms with van der Waals surface area (Å²) in [5.41, 5.74) is 0. The van der Waals surface area contributed by atoms with Gasteiger partial charge in [-0.15, -0.1) is 0 Å². The summed E-state index contributed by atoms with van der Waals surface area (Å²) in [5.74, 6) is -1.00. The summed E-state index contributed by atoms with van der Waals surface area (Å²) < 4.78 is 5.54. The topological polar surface area (TPSA) is 107 Å². The quantitative estimate of drug-likeness (QED) is 0.311. The summed E-state index contributed by atoms with van der Waals surface area (Å²) in [6.07, 6.45) is 10.5. The monoisotopic (exact) mass is 370 g/mol. The van der Waals surface area contributed by atoms with Crippen LogP contribution in [0.1, 0.15) is 64.7 Å². The van der Waals surface area contributed by atoms with Crippen molar-refractivity contribution in [3.63, 3.8) is 0 Å². The summed E-state index contributed by atoms with van der Waals surface area (Å²) in [6, 6.07) is 0. The van der Waals surface area contributed by atoms with Crippen molar-refractivity contribution >= 4 is 5.97 Å². The zero-order valence-electron chi connectivity index (χ0n) is 15.7. The third-order valence-electron chi connectivity index (χ3n) is 4.64. The van der Waals surface area contributed by atoms with Crippen LogP contribution in [0.25, 0.3) is 0 Å². The van der Waals surface area contributed by atoms with E-state index in [2.05, 4.69) is 6.92 Å². The highest BCUT2D eigenvalue weighted by Gasteiger charge is 2.35. The van der Waals surface area contributed by atoms with Gasteiger partial charge in [0.15, 0.2) is 6.29 Å². The van der Waals surface area contributed by atoms with Crippen molar-refractivity contribution in [1.82, 2.24) is 0 Å². The maximum absolute atomic E-state index is 10.5. The Hall–Kier alpha value is -1.21. The van der Waals surface area contributed by atoms with Crippen molar-refractivity contribution in [1.29, 1.82) is 0 Å². The largest absolute Gasteiger partial charge is 0.481 e. The van der Waals surface area contributed by atoms with E-state index < -0.39 is 30.6 Å². The fraction of sp³-hybridized carbons (Fsp3) is 0.750. The summed E-state index contributed by atoms with van der Waals surface area (Å²) in [6.45, 7) is 2.11. The highest BCUT2D eigenvalue weighted by molar-refractivity contribution is 5.66. The lowest BCUT2D eigenvalue weighted by Crippen LogP contribution is -2.43. The number of carbonyl (C=O) groups is 1. The van der Waals surface area contributed by atoms with Crippen molar-refractivity contribution in [2.24, 2.45) is 5.92 Å². The van der Waals surface area contributed by atoms with Gasteiger partial charge in [-0.25, -0.2) is 0 Å². The lowest BCUT2D eigenvalue weighted by molar-refractivity contribution is -0.199. The molecule has 1 saturated heterocycles. The minimum atomic E-state index is -1.01. The van der Waals surface area contributed by atoms with Crippen LogP contribution < -0.4 is 0 Å². The Morgan fingerprint density at radius 3 is 2.69 bits per heavy atom. The normalized spacial score (nSPS) is 28.0. The molecule has 1 rings (SSSR count). The number of aliphatic hydroxyl groups excluding tert-OH is 3. The fourth-order valence-corrected chi connectivity index (χ4v) is 3.10. The second-order valence-electron chi connectivity index (χ2n) is 6.96. The first-order valence-corrected chi connectivity index (χ1v) is 9.68. The number of rotatable bonds is 12. The van der Waals surface area contributed by atoms with E-state index in [4.69, 9.17) is 9.84 Å². The van der Waals surface area contributed by atoms with Gasteiger partial charge in [0.1, 0.15) is 0 Å². The summed E-state index contributed by atoms with van der Waals surface area (Å²) >= 11 is 0. The number of unbranched alkanes of at least 4 members (excludes halogenated alkanes) is 3. The first-order valence-electron chi connectivity index (χ1n) is 9.68. The lowest BCUT2D eigenvalue weighted by Gasteiger charge is -2.36. The molecule has 0 saturated carbocycles. The standard InChI is InChI=1S/C20H34O6/c1-2-3-6-9-15(21)12-13-18-16(17(22)14-20(25)26-18)10-7-4-5-8-11-19(23)24/h4,7,12-13,15-18,20-22,25H,2-3,5-6,8-11,14H2,1H3,(H,23,24)/t15-,16-,17-,18+,20?/m0/s1. The van der Waals surface area contributed by atoms with Crippen LogP contribution in [0.5, 0.6) is 0 Å². The molecule has 0 aromatic heterocycles. The van der Waals surface area contributed by atoms with Crippen molar-refractivity contribution < 1.29 is 30.0 Å². The van der Waals surface area contributed by atoms with E-state index in [0.717, 1.165) is 19.3 Å². The van der Waals surface area contributed by atoms with E-state index in [9.17, 15) is 20.1 Å². The van der Waals surface area contributed by atoms with Crippen LogP contribution in [0.2, 0.25) is 0 Å². The van der Waals surface area contributed by atoms with Gasteiger partial charge in [0.2, 0.25) is 0 Å².